The quantitative estimate of drug-likeness (QED) is 0.116. The lowest BCUT2D eigenvalue weighted by Crippen LogP contribution is -2.54. The number of nitrogens with zero attached hydrogens (tertiary/aromatic N) is 1. The van der Waals surface area contributed by atoms with Gasteiger partial charge in [-0.2, -0.15) is 0 Å². The Balaban J connectivity index is 1.96. The second kappa shape index (κ2) is 17.9. The van der Waals surface area contributed by atoms with Crippen LogP contribution in [0.25, 0.3) is 0 Å². The summed E-state index contributed by atoms with van der Waals surface area (Å²) in [5.74, 6) is -2.13. The van der Waals surface area contributed by atoms with Gasteiger partial charge in [0.2, 0.25) is 17.7 Å². The smallest absolute Gasteiger partial charge is 0.312 e. The summed E-state index contributed by atoms with van der Waals surface area (Å²) in [4.78, 5) is 74.9. The average Bonchev–Trinajstić information content (AvgIpc) is 3.30. The Morgan fingerprint density at radius 1 is 0.889 bits per heavy atom. The highest BCUT2D eigenvalue weighted by atomic mass is 16.2. The van der Waals surface area contributed by atoms with Crippen molar-refractivity contribution in [3.8, 4) is 0 Å². The number of imide groups is 1. The van der Waals surface area contributed by atoms with Crippen molar-refractivity contribution < 1.29 is 28.8 Å². The fraction of sp³-hybridized carbons (Fsp3) is 0.576. The Labute approximate surface area is 266 Å². The highest BCUT2D eigenvalue weighted by Crippen LogP contribution is 2.26. The average molecular weight is 627 g/mol. The molecule has 2 atom stereocenters. The van der Waals surface area contributed by atoms with Gasteiger partial charge in [-0.25, -0.2) is 4.79 Å². The molecule has 7 amide bonds. The maximum Gasteiger partial charge on any atom is 0.312 e. The van der Waals surface area contributed by atoms with E-state index in [1.807, 2.05) is 24.3 Å². The number of carbonyl (C=O) groups excluding carboxylic acids is 6. The number of nitrogens with one attached hydrogen (secondary N) is 4. The summed E-state index contributed by atoms with van der Waals surface area (Å²) in [5.41, 5.74) is 7.07. The van der Waals surface area contributed by atoms with Gasteiger partial charge in [-0.3, -0.25) is 28.9 Å². The van der Waals surface area contributed by atoms with Gasteiger partial charge in [-0.15, -0.1) is 0 Å². The SMILES string of the molecule is CCC(C)(C)Cc1ccc(NC(=O)[C@H](CCCNC(N)=O)NC(=O)C(NC(=O)CCCCCN2C(=O)C=CC2=O)C(C)C)cc1. The zero-order chi connectivity index (χ0) is 33.6. The third kappa shape index (κ3) is 13.1. The van der Waals surface area contributed by atoms with Crippen LogP contribution in [0.15, 0.2) is 36.4 Å². The minimum Gasteiger partial charge on any atom is -0.352 e. The number of unbranched alkanes of at least 4 members (excludes halogenated alkanes) is 2. The van der Waals surface area contributed by atoms with E-state index in [0.717, 1.165) is 18.4 Å². The third-order valence-corrected chi connectivity index (χ3v) is 7.91. The zero-order valence-electron chi connectivity index (χ0n) is 27.2. The highest BCUT2D eigenvalue weighted by molar-refractivity contribution is 6.12. The number of carbonyl (C=O) groups is 6. The number of hydrogen-bond donors (Lipinski definition) is 5. The summed E-state index contributed by atoms with van der Waals surface area (Å²) in [6.07, 6.45) is 6.94. The molecule has 1 aromatic carbocycles. The number of amides is 7. The maximum absolute atomic E-state index is 13.3. The molecule has 0 aromatic heterocycles. The molecule has 0 radical (unpaired) electrons. The van der Waals surface area contributed by atoms with Crippen LogP contribution in [0, 0.1) is 11.3 Å². The Morgan fingerprint density at radius 3 is 2.11 bits per heavy atom. The summed E-state index contributed by atoms with van der Waals surface area (Å²) >= 11 is 0. The standard InChI is InChI=1S/C33H50N6O6/c1-6-33(4,5)21-23-13-15-24(16-14-23)36-30(43)25(11-10-19-35-32(34)45)37-31(44)29(22(2)3)38-26(40)12-8-7-9-20-39-27(41)17-18-28(39)42/h13-18,22,25,29H,6-12,19-21H2,1-5H3,(H,36,43)(H,37,44)(H,38,40)(H3,34,35,45)/t25-,29?/m0/s1. The first-order chi connectivity index (χ1) is 21.2. The van der Waals surface area contributed by atoms with Gasteiger partial charge in [0.15, 0.2) is 0 Å². The second-order valence-corrected chi connectivity index (χ2v) is 12.6. The summed E-state index contributed by atoms with van der Waals surface area (Å²) in [7, 11) is 0. The van der Waals surface area contributed by atoms with E-state index in [-0.39, 0.29) is 48.4 Å². The third-order valence-electron chi connectivity index (χ3n) is 7.91. The molecule has 2 rings (SSSR count). The van der Waals surface area contributed by atoms with Crippen molar-refractivity contribution in [2.24, 2.45) is 17.1 Å². The van der Waals surface area contributed by atoms with Gasteiger partial charge in [0.25, 0.3) is 11.8 Å². The molecule has 0 aliphatic carbocycles. The monoisotopic (exact) mass is 626 g/mol. The van der Waals surface area contributed by atoms with Crippen LogP contribution in [0.2, 0.25) is 0 Å². The molecule has 1 aliphatic rings. The van der Waals surface area contributed by atoms with E-state index in [4.69, 9.17) is 5.73 Å². The largest absolute Gasteiger partial charge is 0.352 e. The number of urea groups is 1. The van der Waals surface area contributed by atoms with Crippen molar-refractivity contribution in [2.45, 2.75) is 98.1 Å². The van der Waals surface area contributed by atoms with Gasteiger partial charge in [0.1, 0.15) is 12.1 Å². The first-order valence-corrected chi connectivity index (χ1v) is 15.8. The van der Waals surface area contributed by atoms with Crippen molar-refractivity contribution in [1.82, 2.24) is 20.9 Å². The van der Waals surface area contributed by atoms with Crippen LogP contribution >= 0.6 is 0 Å². The van der Waals surface area contributed by atoms with Gasteiger partial charge in [-0.05, 0) is 61.1 Å². The molecule has 1 unspecified atom stereocenters. The summed E-state index contributed by atoms with van der Waals surface area (Å²) in [6.45, 7) is 10.7. The van der Waals surface area contributed by atoms with Crippen LogP contribution in [0.1, 0.15) is 85.1 Å². The van der Waals surface area contributed by atoms with Crippen LogP contribution < -0.4 is 27.0 Å². The maximum atomic E-state index is 13.3. The molecule has 12 nitrogen and oxygen atoms in total. The minimum atomic E-state index is -0.922. The van der Waals surface area contributed by atoms with Crippen molar-refractivity contribution in [3.63, 3.8) is 0 Å². The van der Waals surface area contributed by atoms with Crippen LogP contribution in [0.3, 0.4) is 0 Å². The number of primary amides is 1. The van der Waals surface area contributed by atoms with E-state index in [1.54, 1.807) is 13.8 Å². The van der Waals surface area contributed by atoms with E-state index in [1.165, 1.54) is 17.1 Å². The van der Waals surface area contributed by atoms with E-state index in [0.29, 0.717) is 37.9 Å². The van der Waals surface area contributed by atoms with E-state index in [9.17, 15) is 28.8 Å². The molecule has 1 aromatic rings. The summed E-state index contributed by atoms with van der Waals surface area (Å²) in [6, 6.07) is 5.15. The predicted molar refractivity (Wildman–Crippen MR) is 173 cm³/mol. The Hall–Kier alpha value is -4.22. The first kappa shape index (κ1) is 37.0. The normalized spacial score (nSPS) is 14.3. The second-order valence-electron chi connectivity index (χ2n) is 12.6. The number of hydrogen-bond acceptors (Lipinski definition) is 6. The lowest BCUT2D eigenvalue weighted by molar-refractivity contribution is -0.137. The molecule has 0 bridgehead atoms. The van der Waals surface area contributed by atoms with Crippen LogP contribution in [0.4, 0.5) is 10.5 Å². The zero-order valence-corrected chi connectivity index (χ0v) is 27.2. The van der Waals surface area contributed by atoms with Gasteiger partial charge >= 0.3 is 6.03 Å². The molecular weight excluding hydrogens is 576 g/mol. The Morgan fingerprint density at radius 2 is 1.53 bits per heavy atom. The molecule has 1 aliphatic heterocycles. The van der Waals surface area contributed by atoms with Crippen molar-refractivity contribution in [3.05, 3.63) is 42.0 Å². The fourth-order valence-corrected chi connectivity index (χ4v) is 4.83. The Bertz CT molecular complexity index is 1210. The first-order valence-electron chi connectivity index (χ1n) is 15.8. The van der Waals surface area contributed by atoms with Gasteiger partial charge in [0.05, 0.1) is 0 Å². The molecular formula is C33H50N6O6. The number of rotatable bonds is 19. The lowest BCUT2D eigenvalue weighted by atomic mass is 9.83. The Kier molecular flexibility index (Phi) is 14.7. The summed E-state index contributed by atoms with van der Waals surface area (Å²) < 4.78 is 0. The molecule has 1 heterocycles. The molecule has 0 fully saturated rings. The van der Waals surface area contributed by atoms with Crippen molar-refractivity contribution in [1.29, 1.82) is 0 Å². The molecule has 0 spiro atoms. The predicted octanol–water partition coefficient (Wildman–Crippen LogP) is 3.16. The molecule has 6 N–H and O–H groups in total. The van der Waals surface area contributed by atoms with E-state index < -0.39 is 29.9 Å². The van der Waals surface area contributed by atoms with Gasteiger partial charge in [0, 0.05) is 37.3 Å². The van der Waals surface area contributed by atoms with E-state index in [2.05, 4.69) is 42.0 Å². The van der Waals surface area contributed by atoms with Crippen molar-refractivity contribution >= 4 is 41.3 Å². The number of benzene rings is 1. The molecule has 0 saturated heterocycles. The lowest BCUT2D eigenvalue weighted by Gasteiger charge is -2.25. The van der Waals surface area contributed by atoms with Crippen molar-refractivity contribution in [2.75, 3.05) is 18.4 Å². The van der Waals surface area contributed by atoms with Crippen LogP contribution in [0.5, 0.6) is 0 Å². The molecule has 45 heavy (non-hydrogen) atoms. The van der Waals surface area contributed by atoms with Crippen LogP contribution in [-0.4, -0.2) is 65.6 Å². The van der Waals surface area contributed by atoms with Gasteiger partial charge in [-0.1, -0.05) is 59.6 Å². The van der Waals surface area contributed by atoms with E-state index >= 15 is 0 Å². The molecule has 0 saturated carbocycles. The number of nitrogens with two attached hydrogens (primary N) is 1. The van der Waals surface area contributed by atoms with Gasteiger partial charge < -0.3 is 27.0 Å². The number of anilines is 1. The fourth-order valence-electron chi connectivity index (χ4n) is 4.83. The topological polar surface area (TPSA) is 180 Å². The van der Waals surface area contributed by atoms with Crippen LogP contribution in [-0.2, 0) is 30.4 Å². The highest BCUT2D eigenvalue weighted by Gasteiger charge is 2.29. The molecule has 12 heteroatoms. The minimum absolute atomic E-state index is 0.163. The molecule has 248 valence electrons. The summed E-state index contributed by atoms with van der Waals surface area (Å²) in [5, 5.41) is 10.9.